The Labute approximate surface area is 190 Å². The molecule has 0 aliphatic carbocycles. The number of hydrogen-bond acceptors (Lipinski definition) is 5. The smallest absolute Gasteiger partial charge is 0.305 e. The van der Waals surface area contributed by atoms with Gasteiger partial charge in [-0.1, -0.05) is 42.5 Å². The zero-order valence-corrected chi connectivity index (χ0v) is 18.9. The fourth-order valence-corrected chi connectivity index (χ4v) is 3.09. The van der Waals surface area contributed by atoms with Crippen LogP contribution in [0, 0.1) is 5.92 Å². The molecule has 3 atom stereocenters. The molecule has 3 N–H and O–H groups in total. The number of amides is 2. The minimum absolute atomic E-state index is 0.00456. The first-order valence-corrected chi connectivity index (χ1v) is 11.0. The number of rotatable bonds is 16. The quantitative estimate of drug-likeness (QED) is 0.206. The molecule has 0 radical (unpaired) electrons. The maximum Gasteiger partial charge on any atom is 0.305 e. The second kappa shape index (κ2) is 15.8. The monoisotopic (exact) mass is 444 g/mol. The lowest BCUT2D eigenvalue weighted by Crippen LogP contribution is -2.40. The Kier molecular flexibility index (Phi) is 13.4. The van der Waals surface area contributed by atoms with Crippen LogP contribution in [0.3, 0.4) is 0 Å². The molecule has 0 bridgehead atoms. The molecule has 7 nitrogen and oxygen atoms in total. The second-order valence-electron chi connectivity index (χ2n) is 7.77. The van der Waals surface area contributed by atoms with Crippen LogP contribution >= 0.6 is 0 Å². The van der Waals surface area contributed by atoms with Gasteiger partial charge in [0.25, 0.3) is 0 Å². The molecule has 0 unspecified atom stereocenters. The van der Waals surface area contributed by atoms with E-state index in [0.29, 0.717) is 12.8 Å². The molecule has 176 valence electrons. The molecule has 1 rings (SSSR count). The fourth-order valence-electron chi connectivity index (χ4n) is 3.09. The van der Waals surface area contributed by atoms with E-state index in [-0.39, 0.29) is 37.4 Å². The van der Waals surface area contributed by atoms with E-state index in [1.165, 1.54) is 0 Å². The van der Waals surface area contributed by atoms with Crippen LogP contribution in [0.1, 0.15) is 57.1 Å². The number of esters is 1. The number of ether oxygens (including phenoxy) is 1. The minimum atomic E-state index is -0.626. The van der Waals surface area contributed by atoms with E-state index >= 15 is 0 Å². The van der Waals surface area contributed by atoms with E-state index < -0.39 is 18.0 Å². The lowest BCUT2D eigenvalue weighted by Gasteiger charge is -2.23. The highest BCUT2D eigenvalue weighted by Crippen LogP contribution is 2.17. The van der Waals surface area contributed by atoms with Gasteiger partial charge in [-0.15, -0.1) is 13.2 Å². The number of carbonyl (C=O) groups is 3. The maximum atomic E-state index is 13.0. The third-order valence-corrected chi connectivity index (χ3v) is 4.90. The summed E-state index contributed by atoms with van der Waals surface area (Å²) >= 11 is 0. The number of unbranched alkanes of at least 4 members (excludes halogenated alkanes) is 2. The number of benzene rings is 1. The van der Waals surface area contributed by atoms with Gasteiger partial charge in [-0.3, -0.25) is 14.4 Å². The predicted octanol–water partition coefficient (Wildman–Crippen LogP) is 3.21. The molecular formula is C25H36N2O5. The summed E-state index contributed by atoms with van der Waals surface area (Å²) in [4.78, 5) is 37.3. The summed E-state index contributed by atoms with van der Waals surface area (Å²) < 4.78 is 5.42. The van der Waals surface area contributed by atoms with E-state index in [1.54, 1.807) is 13.0 Å². The molecule has 1 aromatic carbocycles. The van der Waals surface area contributed by atoms with Crippen molar-refractivity contribution in [3.8, 4) is 0 Å². The molecule has 7 heteroatoms. The normalized spacial score (nSPS) is 13.3. The third-order valence-electron chi connectivity index (χ3n) is 4.90. The molecule has 0 aliphatic rings. The van der Waals surface area contributed by atoms with Crippen molar-refractivity contribution >= 4 is 17.8 Å². The van der Waals surface area contributed by atoms with Gasteiger partial charge in [-0.2, -0.15) is 0 Å². The number of hydrogen-bond donors (Lipinski definition) is 3. The third kappa shape index (κ3) is 10.9. The molecule has 0 heterocycles. The Morgan fingerprint density at radius 2 is 1.81 bits per heavy atom. The molecular weight excluding hydrogens is 408 g/mol. The van der Waals surface area contributed by atoms with Crippen molar-refractivity contribution in [2.45, 2.75) is 57.5 Å². The van der Waals surface area contributed by atoms with Crippen LogP contribution in [0.4, 0.5) is 0 Å². The Morgan fingerprint density at radius 1 is 1.09 bits per heavy atom. The Balaban J connectivity index is 2.78. The number of allylic oxidation sites excluding steroid dienone is 2. The molecule has 32 heavy (non-hydrogen) atoms. The van der Waals surface area contributed by atoms with Crippen molar-refractivity contribution in [2.24, 2.45) is 5.92 Å². The van der Waals surface area contributed by atoms with Gasteiger partial charge in [-0.25, -0.2) is 0 Å². The van der Waals surface area contributed by atoms with E-state index in [1.807, 2.05) is 36.4 Å². The van der Waals surface area contributed by atoms with Crippen LogP contribution in [-0.2, 0) is 19.1 Å². The average molecular weight is 445 g/mol. The maximum absolute atomic E-state index is 13.0. The van der Waals surface area contributed by atoms with Gasteiger partial charge in [0.05, 0.1) is 18.6 Å². The lowest BCUT2D eigenvalue weighted by molar-refractivity contribution is -0.145. The summed E-state index contributed by atoms with van der Waals surface area (Å²) in [6.45, 7) is 8.84. The zero-order chi connectivity index (χ0) is 23.8. The summed E-state index contributed by atoms with van der Waals surface area (Å²) in [5.41, 5.74) is 0.802. The summed E-state index contributed by atoms with van der Waals surface area (Å²) in [6.07, 6.45) is 6.44. The summed E-state index contributed by atoms with van der Waals surface area (Å²) in [5, 5.41) is 14.7. The van der Waals surface area contributed by atoms with Crippen molar-refractivity contribution < 1.29 is 24.2 Å². The minimum Gasteiger partial charge on any atom is -0.463 e. The van der Waals surface area contributed by atoms with E-state index in [9.17, 15) is 14.4 Å². The summed E-state index contributed by atoms with van der Waals surface area (Å²) in [6, 6.07) is 8.32. The highest BCUT2D eigenvalue weighted by molar-refractivity contribution is 5.86. The second-order valence-corrected chi connectivity index (χ2v) is 7.77. The van der Waals surface area contributed by atoms with Crippen LogP contribution < -0.4 is 10.6 Å². The molecule has 0 fully saturated rings. The van der Waals surface area contributed by atoms with E-state index in [0.717, 1.165) is 24.8 Å². The Hall–Kier alpha value is -2.93. The molecule has 0 saturated carbocycles. The van der Waals surface area contributed by atoms with Crippen molar-refractivity contribution in [3.63, 3.8) is 0 Å². The summed E-state index contributed by atoms with van der Waals surface area (Å²) in [5.74, 6) is -1.59. The lowest BCUT2D eigenvalue weighted by atomic mass is 9.98. The Morgan fingerprint density at radius 3 is 2.44 bits per heavy atom. The molecule has 0 aliphatic heterocycles. The van der Waals surface area contributed by atoms with Crippen molar-refractivity contribution in [3.05, 3.63) is 61.2 Å². The molecule has 1 aromatic rings. The SMILES string of the molecule is C=CCCCCC(=O)OC[C@@H](NC(=O)[C@@H](CC=C)CC(=O)N[C@H](C)CO)c1ccccc1. The number of aliphatic hydroxyl groups excluding tert-OH is 1. The molecule has 0 saturated heterocycles. The van der Waals surface area contributed by atoms with E-state index in [4.69, 9.17) is 9.84 Å². The first-order chi connectivity index (χ1) is 15.4. The van der Waals surface area contributed by atoms with Crippen molar-refractivity contribution in [1.82, 2.24) is 10.6 Å². The fraction of sp³-hybridized carbons (Fsp3) is 0.480. The van der Waals surface area contributed by atoms with Crippen LogP contribution in [0.2, 0.25) is 0 Å². The van der Waals surface area contributed by atoms with Gasteiger partial charge < -0.3 is 20.5 Å². The first kappa shape index (κ1) is 27.1. The summed E-state index contributed by atoms with van der Waals surface area (Å²) in [7, 11) is 0. The van der Waals surface area contributed by atoms with Crippen LogP contribution in [-0.4, -0.2) is 42.1 Å². The predicted molar refractivity (Wildman–Crippen MR) is 125 cm³/mol. The van der Waals surface area contributed by atoms with Gasteiger partial charge in [0.1, 0.15) is 6.61 Å². The average Bonchev–Trinajstić information content (AvgIpc) is 2.79. The van der Waals surface area contributed by atoms with Gasteiger partial charge >= 0.3 is 5.97 Å². The highest BCUT2D eigenvalue weighted by Gasteiger charge is 2.25. The first-order valence-electron chi connectivity index (χ1n) is 11.0. The topological polar surface area (TPSA) is 105 Å². The van der Waals surface area contributed by atoms with Crippen molar-refractivity contribution in [1.29, 1.82) is 0 Å². The number of aliphatic hydroxyl groups is 1. The van der Waals surface area contributed by atoms with E-state index in [2.05, 4.69) is 23.8 Å². The highest BCUT2D eigenvalue weighted by atomic mass is 16.5. The van der Waals surface area contributed by atoms with Gasteiger partial charge in [-0.05, 0) is 38.2 Å². The van der Waals surface area contributed by atoms with Crippen LogP contribution in [0.15, 0.2) is 55.6 Å². The largest absolute Gasteiger partial charge is 0.463 e. The molecule has 0 aromatic heterocycles. The van der Waals surface area contributed by atoms with Gasteiger partial charge in [0.2, 0.25) is 11.8 Å². The van der Waals surface area contributed by atoms with Crippen LogP contribution in [0.25, 0.3) is 0 Å². The Bertz CT molecular complexity index is 735. The van der Waals surface area contributed by atoms with Gasteiger partial charge in [0.15, 0.2) is 0 Å². The number of nitrogens with one attached hydrogen (secondary N) is 2. The molecule has 0 spiro atoms. The van der Waals surface area contributed by atoms with Crippen molar-refractivity contribution in [2.75, 3.05) is 13.2 Å². The zero-order valence-electron chi connectivity index (χ0n) is 18.9. The van der Waals surface area contributed by atoms with Crippen LogP contribution in [0.5, 0.6) is 0 Å². The molecule has 2 amide bonds. The number of carbonyl (C=O) groups excluding carboxylic acids is 3. The van der Waals surface area contributed by atoms with Gasteiger partial charge in [0, 0.05) is 18.9 Å². The standard InChI is InChI=1S/C25H36N2O5/c1-4-6-7-11-15-24(30)32-18-22(20-13-9-8-10-14-20)27-25(31)21(12-5-2)16-23(29)26-19(3)17-28/h4-5,8-10,13-14,19,21-22,28H,1-2,6-7,11-12,15-18H2,3H3,(H,26,29)(H,27,31)/t19-,21+,22-/m1/s1.